The average Bonchev–Trinajstić information content (AvgIpc) is 2.46. The Morgan fingerprint density at radius 3 is 2.26 bits per heavy atom. The third-order valence-electron chi connectivity index (χ3n) is 3.20. The largest absolute Gasteiger partial charge is 0.481 e. The van der Waals surface area contributed by atoms with Crippen LogP contribution in [0.2, 0.25) is 0 Å². The van der Waals surface area contributed by atoms with E-state index in [9.17, 15) is 0 Å². The molecule has 0 aliphatic rings. The van der Waals surface area contributed by atoms with Crippen molar-refractivity contribution in [2.24, 2.45) is 12.5 Å². The summed E-state index contributed by atoms with van der Waals surface area (Å²) in [7, 11) is 3.61. The Hall–Kier alpha value is -1.03. The van der Waals surface area contributed by atoms with Gasteiger partial charge in [0, 0.05) is 19.1 Å². The zero-order valence-electron chi connectivity index (χ0n) is 13.7. The molecule has 1 aromatic rings. The van der Waals surface area contributed by atoms with E-state index in [0.717, 1.165) is 30.1 Å². The highest BCUT2D eigenvalue weighted by Crippen LogP contribution is 2.28. The highest BCUT2D eigenvalue weighted by Gasteiger charge is 2.26. The molecule has 0 spiro atoms. The number of ether oxygens (including phenoxy) is 1. The van der Waals surface area contributed by atoms with E-state index < -0.39 is 0 Å². The summed E-state index contributed by atoms with van der Waals surface area (Å²) >= 11 is 0. The number of rotatable bonds is 5. The first-order valence-electron chi connectivity index (χ1n) is 6.87. The molecule has 0 aliphatic heterocycles. The lowest BCUT2D eigenvalue weighted by Gasteiger charge is -2.33. The van der Waals surface area contributed by atoms with Gasteiger partial charge in [0.15, 0.2) is 0 Å². The number of methoxy groups -OCH3 is 1. The fourth-order valence-corrected chi connectivity index (χ4v) is 2.86. The second kappa shape index (κ2) is 5.53. The smallest absolute Gasteiger partial charge is 0.216 e. The first kappa shape index (κ1) is 16.0. The molecule has 1 rings (SSSR count). The lowest BCUT2D eigenvalue weighted by atomic mass is 9.82. The van der Waals surface area contributed by atoms with Gasteiger partial charge in [-0.3, -0.25) is 0 Å². The fraction of sp³-hybridized carbons (Fsp3) is 0.800. The molecule has 0 saturated heterocycles. The molecule has 4 heteroatoms. The Morgan fingerprint density at radius 2 is 1.79 bits per heavy atom. The van der Waals surface area contributed by atoms with Crippen molar-refractivity contribution >= 4 is 0 Å². The second-order valence-electron chi connectivity index (χ2n) is 7.17. The van der Waals surface area contributed by atoms with Gasteiger partial charge in [-0.15, -0.1) is 0 Å². The molecule has 1 heterocycles. The van der Waals surface area contributed by atoms with E-state index in [1.165, 1.54) is 0 Å². The minimum Gasteiger partial charge on any atom is -0.481 e. The Labute approximate surface area is 117 Å². The van der Waals surface area contributed by atoms with Gasteiger partial charge in [0.25, 0.3) is 0 Å². The Morgan fingerprint density at radius 1 is 1.21 bits per heavy atom. The standard InChI is InChI=1S/C15H29N3O/c1-11-12(13(19-8)18(7)17-11)9-16-15(5,6)10-14(2,3)4/h16H,9-10H2,1-8H3. The highest BCUT2D eigenvalue weighted by molar-refractivity contribution is 5.30. The van der Waals surface area contributed by atoms with Crippen LogP contribution >= 0.6 is 0 Å². The van der Waals surface area contributed by atoms with E-state index in [0.29, 0.717) is 5.41 Å². The van der Waals surface area contributed by atoms with E-state index in [4.69, 9.17) is 4.74 Å². The summed E-state index contributed by atoms with van der Waals surface area (Å²) in [5.74, 6) is 0.844. The summed E-state index contributed by atoms with van der Waals surface area (Å²) in [6.07, 6.45) is 1.11. The molecule has 1 aromatic heterocycles. The molecule has 0 radical (unpaired) electrons. The number of nitrogens with one attached hydrogen (secondary N) is 1. The minimum absolute atomic E-state index is 0.0888. The van der Waals surface area contributed by atoms with E-state index in [-0.39, 0.29) is 5.54 Å². The Balaban J connectivity index is 2.77. The lowest BCUT2D eigenvalue weighted by Crippen LogP contribution is -2.41. The van der Waals surface area contributed by atoms with Crippen LogP contribution in [-0.4, -0.2) is 22.4 Å². The van der Waals surface area contributed by atoms with Crippen LogP contribution in [0.5, 0.6) is 5.88 Å². The predicted molar refractivity (Wildman–Crippen MR) is 79.5 cm³/mol. The molecular formula is C15H29N3O. The van der Waals surface area contributed by atoms with Crippen molar-refractivity contribution in [2.75, 3.05) is 7.11 Å². The maximum Gasteiger partial charge on any atom is 0.216 e. The van der Waals surface area contributed by atoms with Gasteiger partial charge >= 0.3 is 0 Å². The zero-order valence-corrected chi connectivity index (χ0v) is 13.7. The van der Waals surface area contributed by atoms with Gasteiger partial charge < -0.3 is 10.1 Å². The molecule has 1 N–H and O–H groups in total. The van der Waals surface area contributed by atoms with Gasteiger partial charge in [-0.2, -0.15) is 5.10 Å². The quantitative estimate of drug-likeness (QED) is 0.891. The van der Waals surface area contributed by atoms with Crippen LogP contribution in [0.25, 0.3) is 0 Å². The van der Waals surface area contributed by atoms with Crippen LogP contribution in [0, 0.1) is 12.3 Å². The van der Waals surface area contributed by atoms with Crippen LogP contribution in [0.3, 0.4) is 0 Å². The van der Waals surface area contributed by atoms with Crippen molar-refractivity contribution < 1.29 is 4.74 Å². The number of hydrogen-bond acceptors (Lipinski definition) is 3. The summed E-state index contributed by atoms with van der Waals surface area (Å²) in [4.78, 5) is 0. The van der Waals surface area contributed by atoms with Crippen molar-refractivity contribution in [1.29, 1.82) is 0 Å². The Kier molecular flexibility index (Phi) is 4.67. The number of aromatic nitrogens is 2. The molecule has 0 aliphatic carbocycles. The van der Waals surface area contributed by atoms with E-state index >= 15 is 0 Å². The van der Waals surface area contributed by atoms with Crippen molar-refractivity contribution in [2.45, 2.75) is 60.0 Å². The monoisotopic (exact) mass is 267 g/mol. The zero-order chi connectivity index (χ0) is 14.8. The SMILES string of the molecule is COc1c(CNC(C)(C)CC(C)(C)C)c(C)nn1C. The summed E-state index contributed by atoms with van der Waals surface area (Å²) in [5.41, 5.74) is 2.57. The van der Waals surface area contributed by atoms with Gasteiger partial charge in [-0.05, 0) is 32.6 Å². The van der Waals surface area contributed by atoms with Crippen molar-refractivity contribution in [1.82, 2.24) is 15.1 Å². The second-order valence-corrected chi connectivity index (χ2v) is 7.17. The molecule has 0 amide bonds. The fourth-order valence-electron chi connectivity index (χ4n) is 2.86. The van der Waals surface area contributed by atoms with Gasteiger partial charge in [0.1, 0.15) is 0 Å². The van der Waals surface area contributed by atoms with Crippen LogP contribution in [0.15, 0.2) is 0 Å². The summed E-state index contributed by atoms with van der Waals surface area (Å²) in [6, 6.07) is 0. The molecular weight excluding hydrogens is 238 g/mol. The van der Waals surface area contributed by atoms with Gasteiger partial charge in [-0.25, -0.2) is 4.68 Å². The summed E-state index contributed by atoms with van der Waals surface area (Å²) in [6.45, 7) is 14.1. The van der Waals surface area contributed by atoms with Gasteiger partial charge in [0.05, 0.1) is 18.4 Å². The lowest BCUT2D eigenvalue weighted by molar-refractivity contribution is 0.239. The van der Waals surface area contributed by atoms with Crippen molar-refractivity contribution in [3.05, 3.63) is 11.3 Å². The number of aryl methyl sites for hydroxylation is 2. The molecule has 0 aromatic carbocycles. The predicted octanol–water partition coefficient (Wildman–Crippen LogP) is 3.04. The Bertz CT molecular complexity index is 427. The van der Waals surface area contributed by atoms with Crippen molar-refractivity contribution in [3.63, 3.8) is 0 Å². The molecule has 0 bridgehead atoms. The van der Waals surface area contributed by atoms with Crippen molar-refractivity contribution in [3.8, 4) is 5.88 Å². The van der Waals surface area contributed by atoms with Gasteiger partial charge in [0.2, 0.25) is 5.88 Å². The van der Waals surface area contributed by atoms with Crippen LogP contribution in [-0.2, 0) is 13.6 Å². The first-order valence-corrected chi connectivity index (χ1v) is 6.87. The van der Waals surface area contributed by atoms with Crippen LogP contribution in [0.4, 0.5) is 0 Å². The van der Waals surface area contributed by atoms with Crippen LogP contribution in [0.1, 0.15) is 52.3 Å². The first-order chi connectivity index (χ1) is 8.56. The molecule has 0 atom stereocenters. The van der Waals surface area contributed by atoms with E-state index in [2.05, 4.69) is 45.0 Å². The molecule has 110 valence electrons. The molecule has 19 heavy (non-hydrogen) atoms. The van der Waals surface area contributed by atoms with Crippen LogP contribution < -0.4 is 10.1 Å². The maximum absolute atomic E-state index is 5.42. The highest BCUT2D eigenvalue weighted by atomic mass is 16.5. The molecule has 0 saturated carbocycles. The topological polar surface area (TPSA) is 39.1 Å². The van der Waals surface area contributed by atoms with E-state index in [1.807, 2.05) is 14.0 Å². The number of hydrogen-bond donors (Lipinski definition) is 1. The third kappa shape index (κ3) is 4.53. The molecule has 0 unspecified atom stereocenters. The third-order valence-corrected chi connectivity index (χ3v) is 3.20. The molecule has 4 nitrogen and oxygen atoms in total. The summed E-state index contributed by atoms with van der Waals surface area (Å²) < 4.78 is 7.22. The van der Waals surface area contributed by atoms with E-state index in [1.54, 1.807) is 11.8 Å². The minimum atomic E-state index is 0.0888. The van der Waals surface area contributed by atoms with Gasteiger partial charge in [-0.1, -0.05) is 20.8 Å². The molecule has 0 fully saturated rings. The normalized spacial score (nSPS) is 12.8. The maximum atomic E-state index is 5.42. The number of nitrogens with zero attached hydrogens (tertiary/aromatic N) is 2. The average molecular weight is 267 g/mol. The summed E-state index contributed by atoms with van der Waals surface area (Å²) in [5, 5.41) is 8.04.